The van der Waals surface area contributed by atoms with Crippen LogP contribution in [0.25, 0.3) is 0 Å². The van der Waals surface area contributed by atoms with Gasteiger partial charge in [-0.05, 0) is 13.0 Å². The van der Waals surface area contributed by atoms with Gasteiger partial charge in [0.05, 0.1) is 12.7 Å². The Morgan fingerprint density at radius 3 is 2.68 bits per heavy atom. The number of rotatable bonds is 4. The summed E-state index contributed by atoms with van der Waals surface area (Å²) in [6, 6.07) is 1.40. The van der Waals surface area contributed by atoms with Crippen molar-refractivity contribution in [2.45, 2.75) is 18.4 Å². The van der Waals surface area contributed by atoms with Crippen LogP contribution in [0.15, 0.2) is 27.8 Å². The number of carbonyl (C=O) groups is 1. The van der Waals surface area contributed by atoms with Crippen molar-refractivity contribution in [3.8, 4) is 0 Å². The van der Waals surface area contributed by atoms with Crippen LogP contribution in [-0.4, -0.2) is 35.5 Å². The Labute approximate surface area is 109 Å². The molecule has 1 N–H and O–H groups in total. The van der Waals surface area contributed by atoms with Crippen molar-refractivity contribution in [3.05, 3.63) is 35.5 Å². The first-order valence-electron chi connectivity index (χ1n) is 5.32. The highest BCUT2D eigenvalue weighted by Crippen LogP contribution is 2.16. The molecule has 0 aliphatic heterocycles. The molecule has 0 aromatic carbocycles. The van der Waals surface area contributed by atoms with E-state index in [1.54, 1.807) is 6.92 Å². The van der Waals surface area contributed by atoms with E-state index in [2.05, 4.69) is 5.10 Å². The van der Waals surface area contributed by atoms with Crippen LogP contribution in [0.2, 0.25) is 0 Å². The van der Waals surface area contributed by atoms with Gasteiger partial charge in [-0.1, -0.05) is 0 Å². The standard InChI is InChI=1S/C11H12N2O5S/c1-7-8(3-10(18-7)11(14)15)5-13-6-9(4-12-13)19(2,16)17/h3-4,6H,5H2,1-2H3,(H,14,15). The zero-order chi connectivity index (χ0) is 14.2. The first kappa shape index (κ1) is 13.3. The summed E-state index contributed by atoms with van der Waals surface area (Å²) >= 11 is 0. The van der Waals surface area contributed by atoms with Crippen LogP contribution < -0.4 is 0 Å². The molecular formula is C11H12N2O5S. The molecule has 0 fully saturated rings. The van der Waals surface area contributed by atoms with Crippen LogP contribution in [0.1, 0.15) is 21.9 Å². The molecule has 0 saturated heterocycles. The second-order valence-electron chi connectivity index (χ2n) is 4.14. The van der Waals surface area contributed by atoms with Gasteiger partial charge in [0.1, 0.15) is 10.7 Å². The highest BCUT2D eigenvalue weighted by atomic mass is 32.2. The van der Waals surface area contributed by atoms with Crippen molar-refractivity contribution >= 4 is 15.8 Å². The molecule has 8 heteroatoms. The number of aromatic nitrogens is 2. The molecule has 2 rings (SSSR count). The van der Waals surface area contributed by atoms with Gasteiger partial charge >= 0.3 is 5.97 Å². The lowest BCUT2D eigenvalue weighted by atomic mass is 10.2. The van der Waals surface area contributed by atoms with E-state index < -0.39 is 15.8 Å². The molecule has 0 amide bonds. The zero-order valence-electron chi connectivity index (χ0n) is 10.3. The lowest BCUT2D eigenvalue weighted by Gasteiger charge is -1.98. The van der Waals surface area contributed by atoms with Gasteiger partial charge in [0.25, 0.3) is 0 Å². The van der Waals surface area contributed by atoms with Gasteiger partial charge in [-0.15, -0.1) is 0 Å². The number of hydrogen-bond donors (Lipinski definition) is 1. The molecule has 19 heavy (non-hydrogen) atoms. The highest BCUT2D eigenvalue weighted by molar-refractivity contribution is 7.90. The Kier molecular flexibility index (Phi) is 3.19. The molecule has 0 radical (unpaired) electrons. The number of aromatic carboxylic acids is 1. The van der Waals surface area contributed by atoms with Crippen molar-refractivity contribution in [1.82, 2.24) is 9.78 Å². The van der Waals surface area contributed by atoms with Gasteiger partial charge < -0.3 is 9.52 Å². The number of aryl methyl sites for hydroxylation is 1. The van der Waals surface area contributed by atoms with Gasteiger partial charge in [0.15, 0.2) is 9.84 Å². The second kappa shape index (κ2) is 4.54. The number of nitrogens with zero attached hydrogens (tertiary/aromatic N) is 2. The zero-order valence-corrected chi connectivity index (χ0v) is 11.1. The fourth-order valence-electron chi connectivity index (χ4n) is 1.58. The molecule has 2 aromatic rings. The first-order valence-corrected chi connectivity index (χ1v) is 7.21. The average molecular weight is 284 g/mol. The normalized spacial score (nSPS) is 11.7. The van der Waals surface area contributed by atoms with Crippen molar-refractivity contribution < 1.29 is 22.7 Å². The third-order valence-corrected chi connectivity index (χ3v) is 3.67. The number of furan rings is 1. The van der Waals surface area contributed by atoms with E-state index in [1.807, 2.05) is 0 Å². The van der Waals surface area contributed by atoms with Crippen molar-refractivity contribution in [1.29, 1.82) is 0 Å². The average Bonchev–Trinajstić information content (AvgIpc) is 2.86. The van der Waals surface area contributed by atoms with E-state index in [0.29, 0.717) is 11.3 Å². The number of carboxylic acid groups (broad SMARTS) is 1. The van der Waals surface area contributed by atoms with Gasteiger partial charge in [-0.3, -0.25) is 4.68 Å². The Hall–Kier alpha value is -2.09. The molecule has 0 spiro atoms. The first-order chi connectivity index (χ1) is 8.77. The summed E-state index contributed by atoms with van der Waals surface area (Å²) in [4.78, 5) is 10.9. The summed E-state index contributed by atoms with van der Waals surface area (Å²) in [5.41, 5.74) is 0.639. The topological polar surface area (TPSA) is 102 Å². The smallest absolute Gasteiger partial charge is 0.371 e. The summed E-state index contributed by atoms with van der Waals surface area (Å²) in [5, 5.41) is 12.7. The molecule has 0 aliphatic carbocycles. The van der Waals surface area contributed by atoms with Crippen molar-refractivity contribution in [3.63, 3.8) is 0 Å². The van der Waals surface area contributed by atoms with E-state index in [1.165, 1.54) is 23.1 Å². The fraction of sp³-hybridized carbons (Fsp3) is 0.273. The maximum absolute atomic E-state index is 11.3. The monoisotopic (exact) mass is 284 g/mol. The Balaban J connectivity index is 2.27. The minimum absolute atomic E-state index is 0.118. The molecule has 0 saturated carbocycles. The van der Waals surface area contributed by atoms with Crippen LogP contribution >= 0.6 is 0 Å². The molecule has 0 atom stereocenters. The maximum atomic E-state index is 11.3. The number of hydrogen-bond acceptors (Lipinski definition) is 5. The predicted octanol–water partition coefficient (Wildman–Crippen LogP) is 0.935. The molecule has 7 nitrogen and oxygen atoms in total. The molecule has 0 unspecified atom stereocenters. The minimum atomic E-state index is -3.29. The van der Waals surface area contributed by atoms with E-state index >= 15 is 0 Å². The molecule has 102 valence electrons. The van der Waals surface area contributed by atoms with E-state index in [-0.39, 0.29) is 17.2 Å². The molecule has 0 aliphatic rings. The van der Waals surface area contributed by atoms with Crippen LogP contribution in [-0.2, 0) is 16.4 Å². The Bertz CT molecular complexity index is 726. The molecule has 2 heterocycles. The summed E-state index contributed by atoms with van der Waals surface area (Å²) in [5.74, 6) is -0.830. The number of carboxylic acids is 1. The molecular weight excluding hydrogens is 272 g/mol. The minimum Gasteiger partial charge on any atom is -0.475 e. The molecule has 2 aromatic heterocycles. The quantitative estimate of drug-likeness (QED) is 0.896. The lowest BCUT2D eigenvalue weighted by Crippen LogP contribution is -2.01. The summed E-state index contributed by atoms with van der Waals surface area (Å²) in [6.07, 6.45) is 3.74. The van der Waals surface area contributed by atoms with Crippen LogP contribution in [0.3, 0.4) is 0 Å². The van der Waals surface area contributed by atoms with Crippen LogP contribution in [0, 0.1) is 6.92 Å². The maximum Gasteiger partial charge on any atom is 0.371 e. The van der Waals surface area contributed by atoms with Crippen LogP contribution in [0.4, 0.5) is 0 Å². The summed E-state index contributed by atoms with van der Waals surface area (Å²) in [6.45, 7) is 1.89. The largest absolute Gasteiger partial charge is 0.475 e. The Morgan fingerprint density at radius 2 is 2.21 bits per heavy atom. The van der Waals surface area contributed by atoms with Gasteiger partial charge in [-0.25, -0.2) is 13.2 Å². The van der Waals surface area contributed by atoms with Gasteiger partial charge in [-0.2, -0.15) is 5.10 Å². The van der Waals surface area contributed by atoms with E-state index in [9.17, 15) is 13.2 Å². The predicted molar refractivity (Wildman–Crippen MR) is 64.8 cm³/mol. The SMILES string of the molecule is Cc1oc(C(=O)O)cc1Cn1cc(S(C)(=O)=O)cn1. The Morgan fingerprint density at radius 1 is 1.53 bits per heavy atom. The fourth-order valence-corrected chi connectivity index (χ4v) is 2.13. The van der Waals surface area contributed by atoms with Crippen molar-refractivity contribution in [2.24, 2.45) is 0 Å². The number of sulfone groups is 1. The van der Waals surface area contributed by atoms with E-state index in [0.717, 1.165) is 6.26 Å². The summed E-state index contributed by atoms with van der Waals surface area (Å²) in [7, 11) is -3.29. The van der Waals surface area contributed by atoms with Crippen LogP contribution in [0.5, 0.6) is 0 Å². The third-order valence-electron chi connectivity index (χ3n) is 2.60. The molecule has 0 bridgehead atoms. The highest BCUT2D eigenvalue weighted by Gasteiger charge is 2.15. The van der Waals surface area contributed by atoms with E-state index in [4.69, 9.17) is 9.52 Å². The van der Waals surface area contributed by atoms with Gasteiger partial charge in [0, 0.05) is 18.0 Å². The lowest BCUT2D eigenvalue weighted by molar-refractivity contribution is 0.0661. The van der Waals surface area contributed by atoms with Gasteiger partial charge in [0.2, 0.25) is 5.76 Å². The van der Waals surface area contributed by atoms with Crippen molar-refractivity contribution in [2.75, 3.05) is 6.26 Å². The second-order valence-corrected chi connectivity index (χ2v) is 6.16. The summed E-state index contributed by atoms with van der Waals surface area (Å²) < 4.78 is 29.1. The third kappa shape index (κ3) is 2.84.